The molecule has 0 spiro atoms. The van der Waals surface area contributed by atoms with Crippen molar-refractivity contribution < 1.29 is 8.83 Å². The van der Waals surface area contributed by atoms with Crippen LogP contribution in [0.4, 0.5) is 0 Å². The molecule has 0 fully saturated rings. The van der Waals surface area contributed by atoms with E-state index in [1.54, 1.807) is 0 Å². The van der Waals surface area contributed by atoms with Gasteiger partial charge in [-0.1, -0.05) is 291 Å². The number of nitrogens with zero attached hydrogens (tertiary/aromatic N) is 8. The molecule has 6 heterocycles. The molecule has 0 N–H and O–H groups in total. The molecule has 0 saturated carbocycles. The van der Waals surface area contributed by atoms with Crippen LogP contribution in [0.2, 0.25) is 0 Å². The Labute approximate surface area is 608 Å². The van der Waals surface area contributed by atoms with Crippen LogP contribution in [0.25, 0.3) is 201 Å². The second-order valence-corrected chi connectivity index (χ2v) is 26.5. The zero-order chi connectivity index (χ0) is 70.0. The van der Waals surface area contributed by atoms with E-state index in [2.05, 4.69) is 264 Å². The zero-order valence-electron chi connectivity index (χ0n) is 57.0. The number of benzene rings is 15. The average Bonchev–Trinajstić information content (AvgIpc) is 1.57. The van der Waals surface area contributed by atoms with Crippen molar-refractivity contribution in [3.8, 4) is 113 Å². The standard InChI is InChI=1S/C51H32N4O.C45H28N4O/c1-4-12-33(13-5-1)35-20-22-38(23-21-35)50-52-49(37-16-8-3-9-17-37)53-51(54-50)39-26-29-42-44-31-30-43-41-18-10-11-19-45(41)55(47(43)48(44)56-46(42)32-39)40-27-24-36(25-28-40)34-14-6-2-7-15-34;1-4-12-29(13-5-1)30-20-23-34(24-21-30)49-39-19-11-10-18-35(39)37-26-27-38-36-25-22-33(28-40(36)50-42(38)41(37)49)45-47-43(31-14-6-2-7-15-31)46-44(48-45)32-16-8-3-9-17-32/h1-32H;1-28H. The van der Waals surface area contributed by atoms with Crippen LogP contribution < -0.4 is 0 Å². The fourth-order valence-electron chi connectivity index (χ4n) is 15.0. The van der Waals surface area contributed by atoms with E-state index in [0.717, 1.165) is 133 Å². The number of fused-ring (bicyclic) bond motifs is 14. The molecule has 6 aromatic heterocycles. The van der Waals surface area contributed by atoms with Gasteiger partial charge in [0.1, 0.15) is 11.2 Å². The number of rotatable bonds is 11. The summed E-state index contributed by atoms with van der Waals surface area (Å²) in [5.41, 5.74) is 22.2. The quantitative estimate of drug-likeness (QED) is 0.126. The van der Waals surface area contributed by atoms with Crippen LogP contribution in [-0.4, -0.2) is 39.0 Å². The lowest BCUT2D eigenvalue weighted by molar-refractivity contribution is 0.671. The highest BCUT2D eigenvalue weighted by Gasteiger charge is 2.24. The number of aromatic nitrogens is 8. The molecule has 0 atom stereocenters. The molecule has 0 bridgehead atoms. The molecular weight excluding hydrogens is 1300 g/mol. The van der Waals surface area contributed by atoms with Crippen LogP contribution in [0.1, 0.15) is 0 Å². The summed E-state index contributed by atoms with van der Waals surface area (Å²) in [6.45, 7) is 0. The van der Waals surface area contributed by atoms with Gasteiger partial charge >= 0.3 is 0 Å². The van der Waals surface area contributed by atoms with Crippen LogP contribution in [0.15, 0.2) is 373 Å². The Balaban J connectivity index is 0.000000141. The van der Waals surface area contributed by atoms with Gasteiger partial charge in [-0.2, -0.15) is 0 Å². The highest BCUT2D eigenvalue weighted by atomic mass is 16.3. The largest absolute Gasteiger partial charge is 0.454 e. The first kappa shape index (κ1) is 61.4. The first-order valence-corrected chi connectivity index (χ1v) is 35.5. The topological polar surface area (TPSA) is 113 Å². The van der Waals surface area contributed by atoms with Gasteiger partial charge in [0.25, 0.3) is 0 Å². The van der Waals surface area contributed by atoms with E-state index in [1.807, 2.05) is 109 Å². The summed E-state index contributed by atoms with van der Waals surface area (Å²) in [5, 5.41) is 8.87. The van der Waals surface area contributed by atoms with Crippen LogP contribution in [0.5, 0.6) is 0 Å². The Morgan fingerprint density at radius 1 is 0.179 bits per heavy atom. The van der Waals surface area contributed by atoms with Crippen molar-refractivity contribution in [1.29, 1.82) is 0 Å². The third kappa shape index (κ3) is 10.9. The molecular formula is C96H60N8O2. The maximum absolute atomic E-state index is 6.91. The van der Waals surface area contributed by atoms with Crippen molar-refractivity contribution in [2.45, 2.75) is 0 Å². The van der Waals surface area contributed by atoms with E-state index in [0.29, 0.717) is 34.9 Å². The molecule has 10 heteroatoms. The van der Waals surface area contributed by atoms with Gasteiger partial charge in [0.05, 0.1) is 22.1 Å². The summed E-state index contributed by atoms with van der Waals surface area (Å²) < 4.78 is 18.4. The Kier molecular flexibility index (Phi) is 15.0. The molecule has 106 heavy (non-hydrogen) atoms. The molecule has 15 aromatic carbocycles. The normalized spacial score (nSPS) is 11.6. The van der Waals surface area contributed by atoms with E-state index in [-0.39, 0.29) is 0 Å². The van der Waals surface area contributed by atoms with Gasteiger partial charge in [-0.05, 0) is 106 Å². The lowest BCUT2D eigenvalue weighted by atomic mass is 10.0. The number of hydrogen-bond donors (Lipinski definition) is 0. The van der Waals surface area contributed by atoms with E-state index >= 15 is 0 Å². The highest BCUT2D eigenvalue weighted by Crippen LogP contribution is 2.44. The van der Waals surface area contributed by atoms with E-state index in [4.69, 9.17) is 38.7 Å². The molecule has 0 aliphatic heterocycles. The zero-order valence-corrected chi connectivity index (χ0v) is 57.0. The first-order valence-electron chi connectivity index (χ1n) is 35.5. The smallest absolute Gasteiger partial charge is 0.164 e. The van der Waals surface area contributed by atoms with Crippen molar-refractivity contribution >= 4 is 87.5 Å². The van der Waals surface area contributed by atoms with Gasteiger partial charge in [-0.25, -0.2) is 29.9 Å². The van der Waals surface area contributed by atoms with Gasteiger partial charge in [0.2, 0.25) is 0 Å². The van der Waals surface area contributed by atoms with Crippen LogP contribution >= 0.6 is 0 Å². The molecule has 0 radical (unpaired) electrons. The fourth-order valence-corrected chi connectivity index (χ4v) is 15.0. The Hall–Kier alpha value is -14.5. The van der Waals surface area contributed by atoms with Crippen molar-refractivity contribution in [1.82, 2.24) is 39.0 Å². The van der Waals surface area contributed by atoms with Crippen LogP contribution in [-0.2, 0) is 0 Å². The van der Waals surface area contributed by atoms with Gasteiger partial charge < -0.3 is 18.0 Å². The van der Waals surface area contributed by atoms with Gasteiger partial charge in [-0.3, -0.25) is 0 Å². The molecule has 21 aromatic rings. The summed E-state index contributed by atoms with van der Waals surface area (Å²) in [4.78, 5) is 29.8. The number of para-hydroxylation sites is 2. The van der Waals surface area contributed by atoms with Crippen molar-refractivity contribution in [2.75, 3.05) is 0 Å². The minimum absolute atomic E-state index is 0.584. The van der Waals surface area contributed by atoms with Crippen molar-refractivity contribution in [3.63, 3.8) is 0 Å². The molecule has 10 nitrogen and oxygen atoms in total. The monoisotopic (exact) mass is 1360 g/mol. The van der Waals surface area contributed by atoms with E-state index < -0.39 is 0 Å². The second kappa shape index (κ2) is 25.8. The Bertz CT molecular complexity index is 6820. The summed E-state index contributed by atoms with van der Waals surface area (Å²) in [7, 11) is 0. The lowest BCUT2D eigenvalue weighted by Crippen LogP contribution is -2.00. The number of furan rings is 2. The molecule has 0 aliphatic carbocycles. The average molecular weight is 1360 g/mol. The summed E-state index contributed by atoms with van der Waals surface area (Å²) in [5.74, 6) is 3.67. The maximum atomic E-state index is 6.91. The minimum Gasteiger partial charge on any atom is -0.454 e. The van der Waals surface area contributed by atoms with E-state index in [9.17, 15) is 0 Å². The van der Waals surface area contributed by atoms with Crippen molar-refractivity contribution in [2.24, 2.45) is 0 Å². The van der Waals surface area contributed by atoms with Gasteiger partial charge in [0.15, 0.2) is 46.1 Å². The Morgan fingerprint density at radius 3 is 0.755 bits per heavy atom. The minimum atomic E-state index is 0.584. The van der Waals surface area contributed by atoms with Gasteiger partial charge in [-0.15, -0.1) is 0 Å². The Morgan fingerprint density at radius 2 is 0.415 bits per heavy atom. The maximum Gasteiger partial charge on any atom is 0.164 e. The predicted molar refractivity (Wildman–Crippen MR) is 432 cm³/mol. The molecule has 0 saturated heterocycles. The predicted octanol–water partition coefficient (Wildman–Crippen LogP) is 24.7. The first-order chi connectivity index (χ1) is 52.5. The molecule has 0 amide bonds. The molecule has 496 valence electrons. The molecule has 0 unspecified atom stereocenters. The van der Waals surface area contributed by atoms with Crippen LogP contribution in [0.3, 0.4) is 0 Å². The SMILES string of the molecule is c1ccc(-c2ccc(-c3nc(-c4ccccc4)nc(-c4ccc5c(c4)oc4c5ccc5c6ccccc6n(-c6ccc(-c7ccccc7)cc6)c54)n3)cc2)cc1.c1ccc(-c2ccc(-n3c4ccccc4c4ccc5c6ccc(-c7nc(-c8ccccc8)nc(-c8ccccc8)n7)cc6oc5c43)cc2)cc1. The third-order valence-corrected chi connectivity index (χ3v) is 20.1. The second-order valence-electron chi connectivity index (χ2n) is 26.5. The summed E-state index contributed by atoms with van der Waals surface area (Å²) in [6, 6.07) is 126. The highest BCUT2D eigenvalue weighted by molar-refractivity contribution is 6.23. The fraction of sp³-hybridized carbons (Fsp3) is 0. The molecule has 21 rings (SSSR count). The lowest BCUT2D eigenvalue weighted by Gasteiger charge is -2.09. The van der Waals surface area contributed by atoms with Gasteiger partial charge in [0, 0.05) is 87.8 Å². The van der Waals surface area contributed by atoms with Crippen LogP contribution in [0, 0.1) is 0 Å². The van der Waals surface area contributed by atoms with Crippen molar-refractivity contribution in [3.05, 3.63) is 364 Å². The molecule has 0 aliphatic rings. The summed E-state index contributed by atoms with van der Waals surface area (Å²) >= 11 is 0. The summed E-state index contributed by atoms with van der Waals surface area (Å²) in [6.07, 6.45) is 0. The number of hydrogen-bond acceptors (Lipinski definition) is 8. The third-order valence-electron chi connectivity index (χ3n) is 20.1. The van der Waals surface area contributed by atoms with E-state index in [1.165, 1.54) is 33.0 Å².